The second-order valence-electron chi connectivity index (χ2n) is 3.99. The minimum atomic E-state index is -0.531. The second kappa shape index (κ2) is 5.48. The number of aromatic amines is 1. The highest BCUT2D eigenvalue weighted by Gasteiger charge is 2.17. The number of halogens is 3. The van der Waals surface area contributed by atoms with E-state index in [4.69, 9.17) is 34.8 Å². The van der Waals surface area contributed by atoms with Crippen LogP contribution in [0.2, 0.25) is 15.2 Å². The number of carbonyl (C=O) groups is 1. The van der Waals surface area contributed by atoms with Crippen molar-refractivity contribution in [2.45, 2.75) is 0 Å². The van der Waals surface area contributed by atoms with Gasteiger partial charge >= 0.3 is 0 Å². The van der Waals surface area contributed by atoms with Crippen LogP contribution in [0.1, 0.15) is 10.4 Å². The topological polar surface area (TPSA) is 83.6 Å². The Morgan fingerprint density at radius 2 is 1.86 bits per heavy atom. The van der Waals surface area contributed by atoms with E-state index in [-0.39, 0.29) is 26.7 Å². The number of aromatic nitrogens is 4. The molecular formula is C12H6Cl3N5O. The number of amides is 1. The van der Waals surface area contributed by atoms with Crippen molar-refractivity contribution in [3.63, 3.8) is 0 Å². The van der Waals surface area contributed by atoms with Crippen LogP contribution in [-0.2, 0) is 0 Å². The van der Waals surface area contributed by atoms with Crippen LogP contribution in [0, 0.1) is 0 Å². The van der Waals surface area contributed by atoms with Crippen LogP contribution >= 0.6 is 34.8 Å². The predicted octanol–water partition coefficient (Wildman–Crippen LogP) is 3.57. The Kier molecular flexibility index (Phi) is 3.67. The zero-order chi connectivity index (χ0) is 15.0. The number of anilines is 1. The number of fused-ring (bicyclic) bond motifs is 1. The SMILES string of the molecule is O=C(Nc1nc(Cl)c2[nH]cnc2n1)c1c(Cl)cccc1Cl. The van der Waals surface area contributed by atoms with E-state index in [1.807, 2.05) is 0 Å². The van der Waals surface area contributed by atoms with Gasteiger partial charge in [0.15, 0.2) is 10.8 Å². The summed E-state index contributed by atoms with van der Waals surface area (Å²) in [5.41, 5.74) is 0.976. The Balaban J connectivity index is 1.96. The molecule has 0 saturated carbocycles. The van der Waals surface area contributed by atoms with Gasteiger partial charge in [-0.25, -0.2) is 4.98 Å². The van der Waals surface area contributed by atoms with Gasteiger partial charge in [-0.1, -0.05) is 40.9 Å². The fraction of sp³-hybridized carbons (Fsp3) is 0. The summed E-state index contributed by atoms with van der Waals surface area (Å²) in [6, 6.07) is 4.77. The molecule has 1 amide bonds. The molecule has 3 rings (SSSR count). The molecule has 2 N–H and O–H groups in total. The number of hydrogen-bond donors (Lipinski definition) is 2. The minimum Gasteiger partial charge on any atom is -0.341 e. The molecule has 0 aliphatic rings. The van der Waals surface area contributed by atoms with Crippen LogP contribution in [-0.4, -0.2) is 25.8 Å². The molecule has 0 aliphatic carbocycles. The normalized spacial score (nSPS) is 10.8. The molecular weight excluding hydrogens is 337 g/mol. The third-order valence-corrected chi connectivity index (χ3v) is 3.56. The first-order valence-electron chi connectivity index (χ1n) is 5.68. The van der Waals surface area contributed by atoms with E-state index in [9.17, 15) is 4.79 Å². The molecule has 2 aromatic heterocycles. The van der Waals surface area contributed by atoms with E-state index in [0.717, 1.165) is 0 Å². The Hall–Kier alpha value is -1.89. The zero-order valence-corrected chi connectivity index (χ0v) is 12.5. The smallest absolute Gasteiger partial charge is 0.261 e. The summed E-state index contributed by atoms with van der Waals surface area (Å²) in [6.45, 7) is 0. The number of imidazole rings is 1. The first-order chi connectivity index (χ1) is 10.1. The summed E-state index contributed by atoms with van der Waals surface area (Å²) < 4.78 is 0. The summed E-state index contributed by atoms with van der Waals surface area (Å²) in [5.74, 6) is -0.517. The Labute approximate surface area is 133 Å². The molecule has 0 fully saturated rings. The maximum atomic E-state index is 12.2. The molecule has 0 radical (unpaired) electrons. The lowest BCUT2D eigenvalue weighted by atomic mass is 10.2. The van der Waals surface area contributed by atoms with Gasteiger partial charge in [-0.15, -0.1) is 0 Å². The largest absolute Gasteiger partial charge is 0.341 e. The molecule has 0 bridgehead atoms. The number of carbonyl (C=O) groups excluding carboxylic acids is 1. The highest BCUT2D eigenvalue weighted by molar-refractivity contribution is 6.40. The molecule has 2 heterocycles. The fourth-order valence-electron chi connectivity index (χ4n) is 1.73. The van der Waals surface area contributed by atoms with Crippen LogP contribution in [0.15, 0.2) is 24.5 Å². The van der Waals surface area contributed by atoms with E-state index in [2.05, 4.69) is 25.3 Å². The maximum Gasteiger partial charge on any atom is 0.261 e. The molecule has 9 heteroatoms. The number of rotatable bonds is 2. The minimum absolute atomic E-state index is 0.0144. The van der Waals surface area contributed by atoms with Gasteiger partial charge in [-0.05, 0) is 12.1 Å². The summed E-state index contributed by atoms with van der Waals surface area (Å²) in [6.07, 6.45) is 1.43. The second-order valence-corrected chi connectivity index (χ2v) is 5.16. The van der Waals surface area contributed by atoms with Crippen LogP contribution in [0.3, 0.4) is 0 Å². The molecule has 0 saturated heterocycles. The van der Waals surface area contributed by atoms with Crippen molar-refractivity contribution in [3.05, 3.63) is 45.3 Å². The van der Waals surface area contributed by atoms with E-state index in [1.165, 1.54) is 6.33 Å². The molecule has 106 valence electrons. The lowest BCUT2D eigenvalue weighted by Gasteiger charge is -2.07. The molecule has 1 aromatic carbocycles. The molecule has 21 heavy (non-hydrogen) atoms. The van der Waals surface area contributed by atoms with E-state index in [0.29, 0.717) is 11.2 Å². The third-order valence-electron chi connectivity index (χ3n) is 2.66. The van der Waals surface area contributed by atoms with Crippen LogP contribution in [0.25, 0.3) is 11.2 Å². The number of nitrogens with zero attached hydrogens (tertiary/aromatic N) is 3. The first-order valence-corrected chi connectivity index (χ1v) is 6.81. The monoisotopic (exact) mass is 341 g/mol. The van der Waals surface area contributed by atoms with Gasteiger partial charge in [0.2, 0.25) is 5.95 Å². The van der Waals surface area contributed by atoms with Crippen molar-refractivity contribution < 1.29 is 4.79 Å². The van der Waals surface area contributed by atoms with Gasteiger partial charge in [0.25, 0.3) is 5.91 Å². The van der Waals surface area contributed by atoms with E-state index >= 15 is 0 Å². The number of hydrogen-bond acceptors (Lipinski definition) is 4. The van der Waals surface area contributed by atoms with Crippen LogP contribution < -0.4 is 5.32 Å². The average molecular weight is 343 g/mol. The van der Waals surface area contributed by atoms with Crippen molar-refractivity contribution in [3.8, 4) is 0 Å². The molecule has 0 aliphatic heterocycles. The molecule has 6 nitrogen and oxygen atoms in total. The maximum absolute atomic E-state index is 12.2. The predicted molar refractivity (Wildman–Crippen MR) is 81.1 cm³/mol. The van der Waals surface area contributed by atoms with Gasteiger partial charge in [0.1, 0.15) is 5.52 Å². The van der Waals surface area contributed by atoms with Crippen LogP contribution in [0.5, 0.6) is 0 Å². The quantitative estimate of drug-likeness (QED) is 0.697. The van der Waals surface area contributed by atoms with Gasteiger partial charge in [0, 0.05) is 0 Å². The summed E-state index contributed by atoms with van der Waals surface area (Å²) in [5, 5.41) is 3.10. The molecule has 0 unspecified atom stereocenters. The summed E-state index contributed by atoms with van der Waals surface area (Å²) in [7, 11) is 0. The van der Waals surface area contributed by atoms with Gasteiger partial charge in [0.05, 0.1) is 21.9 Å². The third kappa shape index (κ3) is 2.65. The highest BCUT2D eigenvalue weighted by atomic mass is 35.5. The average Bonchev–Trinajstić information content (AvgIpc) is 2.87. The fourth-order valence-corrected chi connectivity index (χ4v) is 2.52. The molecule has 3 aromatic rings. The van der Waals surface area contributed by atoms with Crippen LogP contribution in [0.4, 0.5) is 5.95 Å². The van der Waals surface area contributed by atoms with Crippen molar-refractivity contribution >= 4 is 57.8 Å². The molecule has 0 spiro atoms. The van der Waals surface area contributed by atoms with Crippen molar-refractivity contribution in [2.75, 3.05) is 5.32 Å². The Bertz CT molecular complexity index is 828. The van der Waals surface area contributed by atoms with Crippen molar-refractivity contribution in [1.82, 2.24) is 19.9 Å². The molecule has 0 atom stereocenters. The van der Waals surface area contributed by atoms with E-state index in [1.54, 1.807) is 18.2 Å². The van der Waals surface area contributed by atoms with Gasteiger partial charge < -0.3 is 4.98 Å². The Morgan fingerprint density at radius 3 is 2.57 bits per heavy atom. The van der Waals surface area contributed by atoms with Crippen molar-refractivity contribution in [2.24, 2.45) is 0 Å². The van der Waals surface area contributed by atoms with Gasteiger partial charge in [-0.2, -0.15) is 9.97 Å². The Morgan fingerprint density at radius 1 is 1.14 bits per heavy atom. The van der Waals surface area contributed by atoms with E-state index < -0.39 is 5.91 Å². The van der Waals surface area contributed by atoms with Gasteiger partial charge in [-0.3, -0.25) is 10.1 Å². The number of nitrogens with one attached hydrogen (secondary N) is 2. The zero-order valence-electron chi connectivity index (χ0n) is 10.2. The number of H-pyrrole nitrogens is 1. The lowest BCUT2D eigenvalue weighted by molar-refractivity contribution is 0.102. The summed E-state index contributed by atoms with van der Waals surface area (Å²) in [4.78, 5) is 27.0. The first kappa shape index (κ1) is 14.1. The summed E-state index contributed by atoms with van der Waals surface area (Å²) >= 11 is 17.9. The number of benzene rings is 1. The highest BCUT2D eigenvalue weighted by Crippen LogP contribution is 2.25. The lowest BCUT2D eigenvalue weighted by Crippen LogP contribution is -2.15. The standard InChI is InChI=1S/C12H6Cl3N5O/c13-5-2-1-3-6(14)7(5)11(21)20-12-18-9(15)8-10(19-12)17-4-16-8/h1-4H,(H2,16,17,18,19,20,21). The van der Waals surface area contributed by atoms with Crippen molar-refractivity contribution in [1.29, 1.82) is 0 Å².